The predicted molar refractivity (Wildman–Crippen MR) is 106 cm³/mol. The molecule has 3 aromatic rings. The van der Waals surface area contributed by atoms with Crippen molar-refractivity contribution in [1.29, 1.82) is 0 Å². The summed E-state index contributed by atoms with van der Waals surface area (Å²) in [6, 6.07) is 10.6. The second-order valence-electron chi connectivity index (χ2n) is 7.30. The molecule has 0 bridgehead atoms. The molecule has 0 saturated heterocycles. The van der Waals surface area contributed by atoms with Crippen molar-refractivity contribution in [2.45, 2.75) is 20.4 Å². The monoisotopic (exact) mass is 381 g/mol. The molecule has 0 unspecified atom stereocenters. The second kappa shape index (κ2) is 7.56. The molecular formula is C22H23NO5. The molecule has 0 N–H and O–H groups in total. The number of nitrogens with zero attached hydrogens (tertiary/aromatic N) is 1. The zero-order chi connectivity index (χ0) is 19.7. The summed E-state index contributed by atoms with van der Waals surface area (Å²) in [5.41, 5.74) is 1.25. The Labute approximate surface area is 163 Å². The average molecular weight is 381 g/mol. The molecule has 1 aliphatic rings. The van der Waals surface area contributed by atoms with E-state index in [1.165, 1.54) is 6.26 Å². The third kappa shape index (κ3) is 3.55. The van der Waals surface area contributed by atoms with Crippen LogP contribution in [0.3, 0.4) is 0 Å². The van der Waals surface area contributed by atoms with Gasteiger partial charge in [-0.05, 0) is 42.3 Å². The van der Waals surface area contributed by atoms with E-state index in [0.717, 1.165) is 23.6 Å². The maximum Gasteiger partial charge on any atom is 0.235 e. The SMILES string of the molecule is COc1ccc(Oc2coc3c4c(ccc3c2=O)OCN(CC(C)C)C4)cc1. The summed E-state index contributed by atoms with van der Waals surface area (Å²) in [4.78, 5) is 15.1. The van der Waals surface area contributed by atoms with Gasteiger partial charge in [0, 0.05) is 13.1 Å². The summed E-state index contributed by atoms with van der Waals surface area (Å²) in [7, 11) is 1.60. The van der Waals surface area contributed by atoms with Crippen molar-refractivity contribution in [2.24, 2.45) is 5.92 Å². The summed E-state index contributed by atoms with van der Waals surface area (Å²) < 4.78 is 22.6. The van der Waals surface area contributed by atoms with Crippen molar-refractivity contribution in [1.82, 2.24) is 4.90 Å². The first kappa shape index (κ1) is 18.4. The number of hydrogen-bond donors (Lipinski definition) is 0. The lowest BCUT2D eigenvalue weighted by atomic mass is 10.1. The molecule has 0 atom stereocenters. The standard InChI is InChI=1S/C22H23NO5/c1-14(2)10-23-11-18-19(27-13-23)9-8-17-21(24)20(12-26-22(17)18)28-16-6-4-15(25-3)5-7-16/h4-9,12,14H,10-11,13H2,1-3H3. The van der Waals surface area contributed by atoms with E-state index >= 15 is 0 Å². The molecule has 0 saturated carbocycles. The third-order valence-corrected chi connectivity index (χ3v) is 4.66. The third-order valence-electron chi connectivity index (χ3n) is 4.66. The highest BCUT2D eigenvalue weighted by Crippen LogP contribution is 2.33. The van der Waals surface area contributed by atoms with Crippen molar-refractivity contribution in [3.63, 3.8) is 0 Å². The first-order valence-electron chi connectivity index (χ1n) is 9.29. The van der Waals surface area contributed by atoms with E-state index in [1.807, 2.05) is 6.07 Å². The molecule has 0 spiro atoms. The summed E-state index contributed by atoms with van der Waals surface area (Å²) in [6.45, 7) is 6.48. The molecule has 0 amide bonds. The Morgan fingerprint density at radius 3 is 2.57 bits per heavy atom. The van der Waals surface area contributed by atoms with Crippen molar-refractivity contribution in [2.75, 3.05) is 20.4 Å². The van der Waals surface area contributed by atoms with E-state index in [-0.39, 0.29) is 11.2 Å². The molecule has 1 aliphatic heterocycles. The van der Waals surface area contributed by atoms with E-state index < -0.39 is 0 Å². The molecule has 6 heteroatoms. The summed E-state index contributed by atoms with van der Waals surface area (Å²) in [5.74, 6) is 2.69. The summed E-state index contributed by atoms with van der Waals surface area (Å²) in [6.07, 6.45) is 1.37. The van der Waals surface area contributed by atoms with Gasteiger partial charge in [-0.3, -0.25) is 9.69 Å². The Bertz CT molecular complexity index is 1040. The highest BCUT2D eigenvalue weighted by atomic mass is 16.5. The molecule has 0 aliphatic carbocycles. The molecule has 2 heterocycles. The van der Waals surface area contributed by atoms with Crippen LogP contribution in [0, 0.1) is 5.92 Å². The Morgan fingerprint density at radius 1 is 1.11 bits per heavy atom. The topological polar surface area (TPSA) is 61.1 Å². The fraction of sp³-hybridized carbons (Fsp3) is 0.318. The van der Waals surface area contributed by atoms with Gasteiger partial charge in [0.2, 0.25) is 11.2 Å². The van der Waals surface area contributed by atoms with Gasteiger partial charge in [-0.2, -0.15) is 0 Å². The van der Waals surface area contributed by atoms with E-state index in [1.54, 1.807) is 37.4 Å². The summed E-state index contributed by atoms with van der Waals surface area (Å²) >= 11 is 0. The quantitative estimate of drug-likeness (QED) is 0.653. The maximum atomic E-state index is 12.9. The number of fused-ring (bicyclic) bond motifs is 3. The van der Waals surface area contributed by atoms with Gasteiger partial charge < -0.3 is 18.6 Å². The normalized spacial score (nSPS) is 14.0. The van der Waals surface area contributed by atoms with Crippen molar-refractivity contribution >= 4 is 11.0 Å². The zero-order valence-corrected chi connectivity index (χ0v) is 16.2. The molecule has 146 valence electrons. The van der Waals surface area contributed by atoms with Gasteiger partial charge in [-0.1, -0.05) is 13.8 Å². The van der Waals surface area contributed by atoms with Crippen molar-refractivity contribution in [3.05, 3.63) is 58.4 Å². The van der Waals surface area contributed by atoms with Crippen LogP contribution < -0.4 is 19.6 Å². The van der Waals surface area contributed by atoms with Gasteiger partial charge in [0.1, 0.15) is 35.8 Å². The van der Waals surface area contributed by atoms with Crippen LogP contribution in [0.25, 0.3) is 11.0 Å². The van der Waals surface area contributed by atoms with Crippen LogP contribution >= 0.6 is 0 Å². The molecule has 0 radical (unpaired) electrons. The van der Waals surface area contributed by atoms with Crippen molar-refractivity contribution < 1.29 is 18.6 Å². The van der Waals surface area contributed by atoms with E-state index in [0.29, 0.717) is 35.9 Å². The Morgan fingerprint density at radius 2 is 1.86 bits per heavy atom. The lowest BCUT2D eigenvalue weighted by Crippen LogP contribution is -2.34. The lowest BCUT2D eigenvalue weighted by molar-refractivity contribution is 0.0848. The molecule has 0 fully saturated rings. The number of hydrogen-bond acceptors (Lipinski definition) is 6. The first-order valence-corrected chi connectivity index (χ1v) is 9.29. The van der Waals surface area contributed by atoms with E-state index in [4.69, 9.17) is 18.6 Å². The van der Waals surface area contributed by atoms with Gasteiger partial charge in [-0.15, -0.1) is 0 Å². The minimum absolute atomic E-state index is 0.147. The van der Waals surface area contributed by atoms with Crippen LogP contribution in [-0.2, 0) is 6.54 Å². The lowest BCUT2D eigenvalue weighted by Gasteiger charge is -2.30. The molecule has 6 nitrogen and oxygen atoms in total. The van der Waals surface area contributed by atoms with E-state index in [2.05, 4.69) is 18.7 Å². The maximum absolute atomic E-state index is 12.9. The number of methoxy groups -OCH3 is 1. The molecule has 28 heavy (non-hydrogen) atoms. The van der Waals surface area contributed by atoms with Gasteiger partial charge in [0.05, 0.1) is 18.1 Å². The van der Waals surface area contributed by atoms with Crippen molar-refractivity contribution in [3.8, 4) is 23.0 Å². The molecule has 2 aromatic carbocycles. The van der Waals surface area contributed by atoms with Crippen LogP contribution in [0.5, 0.6) is 23.0 Å². The molecular weight excluding hydrogens is 358 g/mol. The van der Waals surface area contributed by atoms with Gasteiger partial charge in [-0.25, -0.2) is 0 Å². The van der Waals surface area contributed by atoms with Crippen LogP contribution in [0.15, 0.2) is 51.9 Å². The van der Waals surface area contributed by atoms with E-state index in [9.17, 15) is 4.79 Å². The molecule has 4 rings (SSSR count). The predicted octanol–water partition coefficient (Wildman–Crippen LogP) is 4.40. The fourth-order valence-electron chi connectivity index (χ4n) is 3.41. The van der Waals surface area contributed by atoms with Gasteiger partial charge in [0.25, 0.3) is 0 Å². The van der Waals surface area contributed by atoms with Crippen LogP contribution in [0.2, 0.25) is 0 Å². The summed E-state index contributed by atoms with van der Waals surface area (Å²) in [5, 5.41) is 0.486. The number of rotatable bonds is 5. The Hall–Kier alpha value is -2.99. The Kier molecular flexibility index (Phi) is 4.96. The number of benzene rings is 2. The fourth-order valence-corrected chi connectivity index (χ4v) is 3.41. The van der Waals surface area contributed by atoms with Gasteiger partial charge in [0.15, 0.2) is 0 Å². The zero-order valence-electron chi connectivity index (χ0n) is 16.2. The highest BCUT2D eigenvalue weighted by Gasteiger charge is 2.23. The van der Waals surface area contributed by atoms with Crippen LogP contribution in [-0.4, -0.2) is 25.3 Å². The minimum atomic E-state index is -0.208. The van der Waals surface area contributed by atoms with Crippen LogP contribution in [0.4, 0.5) is 0 Å². The Balaban J connectivity index is 1.67. The number of ether oxygens (including phenoxy) is 3. The second-order valence-corrected chi connectivity index (χ2v) is 7.30. The van der Waals surface area contributed by atoms with Gasteiger partial charge >= 0.3 is 0 Å². The average Bonchev–Trinajstić information content (AvgIpc) is 2.70. The minimum Gasteiger partial charge on any atom is -0.497 e. The smallest absolute Gasteiger partial charge is 0.235 e. The van der Waals surface area contributed by atoms with Crippen LogP contribution in [0.1, 0.15) is 19.4 Å². The first-order chi connectivity index (χ1) is 13.5. The highest BCUT2D eigenvalue weighted by molar-refractivity contribution is 5.83. The largest absolute Gasteiger partial charge is 0.497 e. The molecule has 1 aromatic heterocycles.